The van der Waals surface area contributed by atoms with Crippen molar-refractivity contribution in [1.29, 1.82) is 0 Å². The van der Waals surface area contributed by atoms with E-state index in [4.69, 9.17) is 13.9 Å². The van der Waals surface area contributed by atoms with Crippen molar-refractivity contribution in [1.82, 2.24) is 4.90 Å². The van der Waals surface area contributed by atoms with E-state index in [1.165, 1.54) is 15.3 Å². The number of carboxylic acids is 1. The lowest BCUT2D eigenvalue weighted by Crippen LogP contribution is -2.66. The Bertz CT molecular complexity index is 1450. The highest BCUT2D eigenvalue weighted by atomic mass is 28.4. The first-order valence-electron chi connectivity index (χ1n) is 17.0. The molecule has 0 unspecified atom stereocenters. The monoisotopic (exact) mass is 671 g/mol. The number of ether oxygens (including phenoxy) is 2. The Balaban J connectivity index is 1.59. The van der Waals surface area contributed by atoms with E-state index < -0.39 is 43.5 Å². The molecule has 8 heteroatoms. The van der Waals surface area contributed by atoms with E-state index in [0.717, 1.165) is 5.56 Å². The van der Waals surface area contributed by atoms with Crippen molar-refractivity contribution in [3.63, 3.8) is 0 Å². The summed E-state index contributed by atoms with van der Waals surface area (Å²) < 4.78 is 19.0. The zero-order valence-corrected chi connectivity index (χ0v) is 30.5. The minimum Gasteiger partial charge on any atom is -0.479 e. The maximum atomic E-state index is 13.9. The van der Waals surface area contributed by atoms with Crippen LogP contribution in [0, 0.1) is 5.92 Å². The summed E-state index contributed by atoms with van der Waals surface area (Å²) in [5.41, 5.74) is -1.32. The molecule has 7 nitrogen and oxygen atoms in total. The lowest BCUT2D eigenvalue weighted by molar-refractivity contribution is -0.153. The van der Waals surface area contributed by atoms with E-state index in [-0.39, 0.29) is 18.1 Å². The second-order valence-electron chi connectivity index (χ2n) is 14.8. The summed E-state index contributed by atoms with van der Waals surface area (Å²) in [7, 11) is -2.76. The SMILES string of the molecule is C=C[C@@H](CCCO[Si](c1ccccc1)(c1ccccc1)C(C)(C)C)[C@]1(C(=O)O)CC[C@@H](COCc2ccccc2)N1C(=O)OC(C)(C)C. The average molecular weight is 672 g/mol. The van der Waals surface area contributed by atoms with Gasteiger partial charge in [0.15, 0.2) is 0 Å². The predicted molar refractivity (Wildman–Crippen MR) is 194 cm³/mol. The van der Waals surface area contributed by atoms with Crippen LogP contribution < -0.4 is 10.4 Å². The Kier molecular flexibility index (Phi) is 12.1. The molecule has 4 rings (SSSR count). The molecule has 1 aliphatic rings. The number of likely N-dealkylation sites (tertiary alicyclic amines) is 1. The molecule has 0 aliphatic carbocycles. The lowest BCUT2D eigenvalue weighted by Gasteiger charge is -2.44. The zero-order valence-electron chi connectivity index (χ0n) is 29.5. The van der Waals surface area contributed by atoms with Gasteiger partial charge in [-0.05, 0) is 67.4 Å². The molecule has 1 N–H and O–H groups in total. The van der Waals surface area contributed by atoms with Crippen LogP contribution in [0.3, 0.4) is 0 Å². The molecule has 0 bridgehead atoms. The van der Waals surface area contributed by atoms with Gasteiger partial charge in [-0.3, -0.25) is 4.90 Å². The number of amides is 1. The van der Waals surface area contributed by atoms with Crippen molar-refractivity contribution < 1.29 is 28.6 Å². The zero-order chi connectivity index (χ0) is 35.0. The number of carboxylic acid groups (broad SMARTS) is 1. The van der Waals surface area contributed by atoms with Crippen molar-refractivity contribution >= 4 is 30.8 Å². The minimum absolute atomic E-state index is 0.179. The summed E-state index contributed by atoms with van der Waals surface area (Å²) >= 11 is 0. The van der Waals surface area contributed by atoms with E-state index >= 15 is 0 Å². The standard InChI is InChI=1S/C40H53NO6Si/c1-8-32(21-18-28-46-48(39(5,6)7,34-22-14-10-15-23-34)35-24-16-11-17-25-35)40(36(42)43)27-26-33(41(40)37(44)47-38(2,3)4)30-45-29-31-19-12-9-13-20-31/h8-17,19-20,22-25,32-33H,1,18,21,26-30H2,2-7H3,(H,42,43)/t32-,33-,40-/m0/s1. The van der Waals surface area contributed by atoms with Gasteiger partial charge in [-0.25, -0.2) is 9.59 Å². The van der Waals surface area contributed by atoms with Crippen LogP contribution >= 0.6 is 0 Å². The molecule has 1 aliphatic heterocycles. The molecule has 3 aromatic rings. The van der Waals surface area contributed by atoms with Crippen LogP contribution in [0.5, 0.6) is 0 Å². The van der Waals surface area contributed by atoms with E-state index in [2.05, 4.69) is 75.9 Å². The maximum Gasteiger partial charge on any atom is 0.411 e. The molecule has 0 aromatic heterocycles. The highest BCUT2D eigenvalue weighted by Crippen LogP contribution is 2.44. The maximum absolute atomic E-state index is 13.9. The van der Waals surface area contributed by atoms with Gasteiger partial charge >= 0.3 is 12.1 Å². The summed E-state index contributed by atoms with van der Waals surface area (Å²) in [6, 6.07) is 30.3. The van der Waals surface area contributed by atoms with Crippen LogP contribution in [0.1, 0.15) is 72.8 Å². The van der Waals surface area contributed by atoms with Crippen LogP contribution in [0.15, 0.2) is 104 Å². The highest BCUT2D eigenvalue weighted by molar-refractivity contribution is 6.99. The molecule has 0 saturated carbocycles. The summed E-state index contributed by atoms with van der Waals surface area (Å²) in [4.78, 5) is 28.7. The van der Waals surface area contributed by atoms with Gasteiger partial charge in [0.1, 0.15) is 11.1 Å². The fourth-order valence-electron chi connectivity index (χ4n) is 7.20. The Labute approximate surface area is 288 Å². The summed E-state index contributed by atoms with van der Waals surface area (Å²) in [5, 5.41) is 13.1. The first kappa shape index (κ1) is 37.1. The third-order valence-corrected chi connectivity index (χ3v) is 14.4. The summed E-state index contributed by atoms with van der Waals surface area (Å²) in [6.45, 7) is 17.2. The quantitative estimate of drug-likeness (QED) is 0.108. The van der Waals surface area contributed by atoms with Crippen LogP contribution in [-0.4, -0.2) is 60.8 Å². The Hall–Kier alpha value is -3.72. The van der Waals surface area contributed by atoms with Crippen LogP contribution in [0.2, 0.25) is 5.04 Å². The minimum atomic E-state index is -2.76. The molecule has 258 valence electrons. The van der Waals surface area contributed by atoms with Crippen LogP contribution in [0.25, 0.3) is 0 Å². The second kappa shape index (κ2) is 15.7. The van der Waals surface area contributed by atoms with Gasteiger partial charge in [0.25, 0.3) is 8.32 Å². The molecule has 48 heavy (non-hydrogen) atoms. The molecular formula is C40H53NO6Si. The van der Waals surface area contributed by atoms with Gasteiger partial charge in [0.2, 0.25) is 0 Å². The van der Waals surface area contributed by atoms with Gasteiger partial charge in [0.05, 0.1) is 19.3 Å². The van der Waals surface area contributed by atoms with Crippen molar-refractivity contribution in [3.8, 4) is 0 Å². The number of aliphatic carboxylic acids is 1. The highest BCUT2D eigenvalue weighted by Gasteiger charge is 2.59. The van der Waals surface area contributed by atoms with Crippen molar-refractivity contribution in [2.24, 2.45) is 5.92 Å². The molecule has 1 saturated heterocycles. The van der Waals surface area contributed by atoms with Gasteiger partial charge < -0.3 is 19.0 Å². The molecule has 0 spiro atoms. The van der Waals surface area contributed by atoms with Crippen molar-refractivity contribution in [2.75, 3.05) is 13.2 Å². The normalized spacial score (nSPS) is 19.1. The largest absolute Gasteiger partial charge is 0.479 e. The summed E-state index contributed by atoms with van der Waals surface area (Å²) in [6.07, 6.45) is 2.86. The van der Waals surface area contributed by atoms with E-state index in [1.807, 2.05) is 42.5 Å². The first-order valence-corrected chi connectivity index (χ1v) is 18.9. The number of benzene rings is 3. The second-order valence-corrected chi connectivity index (χ2v) is 19.1. The third-order valence-electron chi connectivity index (χ3n) is 9.33. The van der Waals surface area contributed by atoms with Gasteiger partial charge in [-0.15, -0.1) is 6.58 Å². The fraction of sp³-hybridized carbons (Fsp3) is 0.450. The van der Waals surface area contributed by atoms with Crippen LogP contribution in [0.4, 0.5) is 4.79 Å². The molecule has 0 radical (unpaired) electrons. The number of hydrogen-bond donors (Lipinski definition) is 1. The Morgan fingerprint density at radius 1 is 0.938 bits per heavy atom. The van der Waals surface area contributed by atoms with E-state index in [9.17, 15) is 14.7 Å². The molecule has 1 amide bonds. The smallest absolute Gasteiger partial charge is 0.411 e. The molecule has 3 atom stereocenters. The fourth-order valence-corrected chi connectivity index (χ4v) is 11.8. The number of carbonyl (C=O) groups is 2. The Morgan fingerprint density at radius 2 is 1.48 bits per heavy atom. The number of rotatable bonds is 14. The van der Waals surface area contributed by atoms with Gasteiger partial charge in [-0.1, -0.05) is 118 Å². The van der Waals surface area contributed by atoms with Gasteiger partial charge in [0, 0.05) is 12.5 Å². The molecule has 1 heterocycles. The Morgan fingerprint density at radius 3 is 1.96 bits per heavy atom. The van der Waals surface area contributed by atoms with Crippen molar-refractivity contribution in [2.45, 2.75) is 96.1 Å². The van der Waals surface area contributed by atoms with E-state index in [0.29, 0.717) is 32.5 Å². The number of nitrogens with zero attached hydrogens (tertiary/aromatic N) is 1. The first-order chi connectivity index (χ1) is 22.8. The van der Waals surface area contributed by atoms with Gasteiger partial charge in [-0.2, -0.15) is 0 Å². The number of hydrogen-bond acceptors (Lipinski definition) is 5. The molecule has 1 fully saturated rings. The van der Waals surface area contributed by atoms with E-state index in [1.54, 1.807) is 26.8 Å². The molecular weight excluding hydrogens is 619 g/mol. The number of carbonyl (C=O) groups excluding carboxylic acids is 1. The predicted octanol–water partition coefficient (Wildman–Crippen LogP) is 7.59. The lowest BCUT2D eigenvalue weighted by atomic mass is 9.79. The molecule has 3 aromatic carbocycles. The third kappa shape index (κ3) is 8.10. The van der Waals surface area contributed by atoms with Crippen molar-refractivity contribution in [3.05, 3.63) is 109 Å². The topological polar surface area (TPSA) is 85.3 Å². The summed E-state index contributed by atoms with van der Waals surface area (Å²) in [5.74, 6) is -1.60. The average Bonchev–Trinajstić information content (AvgIpc) is 3.43. The van der Waals surface area contributed by atoms with Crippen LogP contribution in [-0.2, 0) is 25.3 Å².